The molecular weight excluding hydrogens is 318 g/mol. The molecule has 6 nitrogen and oxygen atoms in total. The van der Waals surface area contributed by atoms with Crippen LogP contribution in [0.2, 0.25) is 5.02 Å². The van der Waals surface area contributed by atoms with Crippen LogP contribution < -0.4 is 5.32 Å². The molecule has 1 amide bonds. The number of nitrogens with one attached hydrogen (secondary N) is 1. The third kappa shape index (κ3) is 3.13. The molecule has 3 aromatic rings. The van der Waals surface area contributed by atoms with Crippen LogP contribution in [0.4, 0.5) is 5.69 Å². The number of aliphatic hydroxyl groups is 1. The molecule has 0 radical (unpaired) electrons. The van der Waals surface area contributed by atoms with Gasteiger partial charge in [-0.3, -0.25) is 9.48 Å². The average Bonchev–Trinajstić information content (AvgIpc) is 2.93. The van der Waals surface area contributed by atoms with E-state index in [0.29, 0.717) is 22.8 Å². The van der Waals surface area contributed by atoms with E-state index in [4.69, 9.17) is 16.7 Å². The lowest BCUT2D eigenvalue weighted by atomic mass is 10.1. The van der Waals surface area contributed by atoms with Gasteiger partial charge in [-0.2, -0.15) is 5.10 Å². The van der Waals surface area contributed by atoms with Gasteiger partial charge in [0.2, 0.25) is 0 Å². The predicted molar refractivity (Wildman–Crippen MR) is 87.9 cm³/mol. The maximum absolute atomic E-state index is 12.4. The number of anilines is 1. The minimum atomic E-state index is -0.465. The Morgan fingerprint density at radius 3 is 2.91 bits per heavy atom. The number of phenolic OH excluding ortho intramolecular Hbond substituents is 1. The Kier molecular flexibility index (Phi) is 4.18. The van der Waals surface area contributed by atoms with Crippen molar-refractivity contribution in [3.63, 3.8) is 0 Å². The fourth-order valence-electron chi connectivity index (χ4n) is 2.30. The highest BCUT2D eigenvalue weighted by molar-refractivity contribution is 6.31. The number of carbonyl (C=O) groups is 1. The molecule has 0 aliphatic carbocycles. The van der Waals surface area contributed by atoms with Gasteiger partial charge in [-0.1, -0.05) is 17.7 Å². The van der Waals surface area contributed by atoms with Crippen molar-refractivity contribution in [2.45, 2.75) is 6.54 Å². The molecule has 0 fully saturated rings. The monoisotopic (exact) mass is 331 g/mol. The number of aromatic nitrogens is 2. The molecule has 1 aromatic heterocycles. The second kappa shape index (κ2) is 6.28. The van der Waals surface area contributed by atoms with Crippen LogP contribution in [0.25, 0.3) is 10.9 Å². The molecule has 118 valence electrons. The van der Waals surface area contributed by atoms with E-state index in [1.165, 1.54) is 18.2 Å². The van der Waals surface area contributed by atoms with Crippen molar-refractivity contribution >= 4 is 34.1 Å². The van der Waals surface area contributed by atoms with Gasteiger partial charge in [-0.25, -0.2) is 0 Å². The van der Waals surface area contributed by atoms with Crippen molar-refractivity contribution in [3.8, 4) is 5.75 Å². The summed E-state index contributed by atoms with van der Waals surface area (Å²) in [6, 6.07) is 9.61. The fourth-order valence-corrected chi connectivity index (χ4v) is 2.47. The summed E-state index contributed by atoms with van der Waals surface area (Å²) in [5.41, 5.74) is 1.36. The number of carbonyl (C=O) groups excluding carboxylic acids is 1. The zero-order valence-corrected chi connectivity index (χ0v) is 12.8. The van der Waals surface area contributed by atoms with Crippen LogP contribution in [0.5, 0.6) is 5.75 Å². The van der Waals surface area contributed by atoms with Crippen LogP contribution in [0, 0.1) is 0 Å². The molecule has 0 atom stereocenters. The summed E-state index contributed by atoms with van der Waals surface area (Å²) < 4.78 is 1.61. The normalized spacial score (nSPS) is 10.9. The zero-order chi connectivity index (χ0) is 16.4. The standard InChI is InChI=1S/C16H14ClN3O3/c17-10-4-5-15(22)11(8-10)16(23)18-13-2-1-3-14-12(13)9-20(19-14)6-7-21/h1-5,8-9,21-22H,6-7H2,(H,18,23). The van der Waals surface area contributed by atoms with Gasteiger partial charge in [0.25, 0.3) is 5.91 Å². The maximum atomic E-state index is 12.4. The average molecular weight is 332 g/mol. The lowest BCUT2D eigenvalue weighted by Crippen LogP contribution is -2.12. The number of nitrogens with zero attached hydrogens (tertiary/aromatic N) is 2. The smallest absolute Gasteiger partial charge is 0.259 e. The molecule has 0 saturated heterocycles. The SMILES string of the molecule is O=C(Nc1cccc2nn(CCO)cc12)c1cc(Cl)ccc1O. The zero-order valence-electron chi connectivity index (χ0n) is 12.0. The first kappa shape index (κ1) is 15.3. The predicted octanol–water partition coefficient (Wildman–Crippen LogP) is 2.64. The number of amides is 1. The molecule has 3 N–H and O–H groups in total. The fraction of sp³-hybridized carbons (Fsp3) is 0.125. The molecule has 7 heteroatoms. The lowest BCUT2D eigenvalue weighted by Gasteiger charge is -2.08. The topological polar surface area (TPSA) is 87.4 Å². The number of hydrogen-bond acceptors (Lipinski definition) is 4. The van der Waals surface area contributed by atoms with E-state index in [1.54, 1.807) is 23.0 Å². The Morgan fingerprint density at radius 1 is 1.30 bits per heavy atom. The molecule has 2 aromatic carbocycles. The number of phenols is 1. The third-order valence-electron chi connectivity index (χ3n) is 3.38. The minimum absolute atomic E-state index is 0.0218. The summed E-state index contributed by atoms with van der Waals surface area (Å²) in [5.74, 6) is -0.609. The Bertz CT molecular complexity index is 876. The Hall–Kier alpha value is -2.57. The number of fused-ring (bicyclic) bond motifs is 1. The van der Waals surface area contributed by atoms with Crippen LogP contribution in [0.1, 0.15) is 10.4 Å². The van der Waals surface area contributed by atoms with Gasteiger partial charge in [-0.15, -0.1) is 0 Å². The van der Waals surface area contributed by atoms with Crippen LogP contribution in [-0.2, 0) is 6.54 Å². The van der Waals surface area contributed by atoms with E-state index in [1.807, 2.05) is 6.07 Å². The van der Waals surface area contributed by atoms with Crippen molar-refractivity contribution in [2.24, 2.45) is 0 Å². The summed E-state index contributed by atoms with van der Waals surface area (Å²) >= 11 is 5.87. The van der Waals surface area contributed by atoms with Crippen molar-refractivity contribution in [2.75, 3.05) is 11.9 Å². The Morgan fingerprint density at radius 2 is 2.13 bits per heavy atom. The van der Waals surface area contributed by atoms with Crippen LogP contribution in [0.3, 0.4) is 0 Å². The molecule has 0 aliphatic heterocycles. The largest absolute Gasteiger partial charge is 0.507 e. The highest BCUT2D eigenvalue weighted by Gasteiger charge is 2.14. The quantitative estimate of drug-likeness (QED) is 0.686. The molecular formula is C16H14ClN3O3. The van der Waals surface area contributed by atoms with Crippen LogP contribution in [-0.4, -0.2) is 32.5 Å². The highest BCUT2D eigenvalue weighted by atomic mass is 35.5. The molecule has 3 rings (SSSR count). The Labute approximate surface area is 136 Å². The Balaban J connectivity index is 1.94. The van der Waals surface area contributed by atoms with Crippen molar-refractivity contribution < 1.29 is 15.0 Å². The molecule has 0 spiro atoms. The van der Waals surface area contributed by atoms with E-state index in [2.05, 4.69) is 10.4 Å². The van der Waals surface area contributed by atoms with Crippen molar-refractivity contribution in [1.29, 1.82) is 0 Å². The number of aromatic hydroxyl groups is 1. The van der Waals surface area contributed by atoms with Gasteiger partial charge < -0.3 is 15.5 Å². The van der Waals surface area contributed by atoms with E-state index in [0.717, 1.165) is 5.39 Å². The van der Waals surface area contributed by atoms with Gasteiger partial charge in [0, 0.05) is 16.6 Å². The molecule has 0 bridgehead atoms. The summed E-state index contributed by atoms with van der Waals surface area (Å²) in [6.07, 6.45) is 1.75. The van der Waals surface area contributed by atoms with Gasteiger partial charge in [-0.05, 0) is 30.3 Å². The summed E-state index contributed by atoms with van der Waals surface area (Å²) in [4.78, 5) is 12.4. The highest BCUT2D eigenvalue weighted by Crippen LogP contribution is 2.26. The van der Waals surface area contributed by atoms with Crippen LogP contribution >= 0.6 is 11.6 Å². The first-order valence-corrected chi connectivity index (χ1v) is 7.33. The summed E-state index contributed by atoms with van der Waals surface area (Å²) in [7, 11) is 0. The maximum Gasteiger partial charge on any atom is 0.259 e. The number of rotatable bonds is 4. The van der Waals surface area contributed by atoms with Gasteiger partial charge in [0.05, 0.1) is 29.9 Å². The molecule has 0 saturated carbocycles. The summed E-state index contributed by atoms with van der Waals surface area (Å²) in [5, 5.41) is 27.0. The first-order valence-electron chi connectivity index (χ1n) is 6.95. The van der Waals surface area contributed by atoms with E-state index in [-0.39, 0.29) is 17.9 Å². The second-order valence-corrected chi connectivity index (χ2v) is 5.41. The molecule has 0 aliphatic rings. The number of aliphatic hydroxyl groups excluding tert-OH is 1. The van der Waals surface area contributed by atoms with Gasteiger partial charge in [0.15, 0.2) is 0 Å². The van der Waals surface area contributed by atoms with Crippen molar-refractivity contribution in [3.05, 3.63) is 53.2 Å². The molecule has 23 heavy (non-hydrogen) atoms. The molecule has 1 heterocycles. The summed E-state index contributed by atoms with van der Waals surface area (Å²) in [6.45, 7) is 0.350. The number of halogens is 1. The molecule has 0 unspecified atom stereocenters. The van der Waals surface area contributed by atoms with E-state index < -0.39 is 5.91 Å². The second-order valence-electron chi connectivity index (χ2n) is 4.97. The lowest BCUT2D eigenvalue weighted by molar-refractivity contribution is 0.102. The third-order valence-corrected chi connectivity index (χ3v) is 3.61. The minimum Gasteiger partial charge on any atom is -0.507 e. The first-order chi connectivity index (χ1) is 11.1. The van der Waals surface area contributed by atoms with E-state index in [9.17, 15) is 9.90 Å². The van der Waals surface area contributed by atoms with E-state index >= 15 is 0 Å². The number of benzene rings is 2. The van der Waals surface area contributed by atoms with Crippen LogP contribution in [0.15, 0.2) is 42.6 Å². The number of hydrogen-bond donors (Lipinski definition) is 3. The van der Waals surface area contributed by atoms with Crippen molar-refractivity contribution in [1.82, 2.24) is 9.78 Å². The van der Waals surface area contributed by atoms with Gasteiger partial charge in [0.1, 0.15) is 5.75 Å². The van der Waals surface area contributed by atoms with Gasteiger partial charge >= 0.3 is 0 Å².